The van der Waals surface area contributed by atoms with E-state index >= 15 is 0 Å². The Labute approximate surface area is 200 Å². The minimum Gasteiger partial charge on any atom is -0.441 e. The van der Waals surface area contributed by atoms with Gasteiger partial charge in [-0.05, 0) is 43.0 Å². The number of hydrogen-bond donors (Lipinski definition) is 1. The molecule has 1 aliphatic heterocycles. The molecule has 0 aliphatic carbocycles. The van der Waals surface area contributed by atoms with E-state index < -0.39 is 35.0 Å². The zero-order valence-electron chi connectivity index (χ0n) is 19.0. The first-order chi connectivity index (χ1) is 15.1. The second-order valence-electron chi connectivity index (χ2n) is 8.96. The van der Waals surface area contributed by atoms with Gasteiger partial charge in [-0.3, -0.25) is 4.79 Å². The van der Waals surface area contributed by atoms with Crippen LogP contribution in [0, 0.1) is 11.8 Å². The number of methoxy groups -OCH3 is 1. The van der Waals surface area contributed by atoms with E-state index in [-0.39, 0.29) is 11.8 Å². The Morgan fingerprint density at radius 2 is 1.69 bits per heavy atom. The van der Waals surface area contributed by atoms with Crippen molar-refractivity contribution in [2.75, 3.05) is 7.11 Å². The van der Waals surface area contributed by atoms with Crippen LogP contribution in [-0.4, -0.2) is 35.7 Å². The fourth-order valence-electron chi connectivity index (χ4n) is 4.68. The quantitative estimate of drug-likeness (QED) is 0.492. The van der Waals surface area contributed by atoms with Crippen molar-refractivity contribution in [2.24, 2.45) is 11.8 Å². The molecule has 7 heteroatoms. The Kier molecular flexibility index (Phi) is 7.58. The van der Waals surface area contributed by atoms with Gasteiger partial charge in [-0.15, -0.1) is 0 Å². The van der Waals surface area contributed by atoms with E-state index in [2.05, 4.69) is 0 Å². The number of halogens is 1. The van der Waals surface area contributed by atoms with Gasteiger partial charge in [-0.25, -0.2) is 9.69 Å². The summed E-state index contributed by atoms with van der Waals surface area (Å²) in [6.45, 7) is 7.62. The molecule has 1 fully saturated rings. The summed E-state index contributed by atoms with van der Waals surface area (Å²) in [4.78, 5) is 28.3. The van der Waals surface area contributed by atoms with Crippen molar-refractivity contribution in [3.63, 3.8) is 0 Å². The van der Waals surface area contributed by atoms with E-state index in [4.69, 9.17) is 33.7 Å². The molecular weight excluding hydrogens is 446 g/mol. The highest BCUT2D eigenvalue weighted by Crippen LogP contribution is 2.43. The van der Waals surface area contributed by atoms with Crippen LogP contribution >= 0.6 is 24.2 Å². The van der Waals surface area contributed by atoms with E-state index in [1.165, 1.54) is 4.90 Å². The van der Waals surface area contributed by atoms with Gasteiger partial charge in [0, 0.05) is 17.4 Å². The van der Waals surface area contributed by atoms with Crippen molar-refractivity contribution < 1.29 is 19.1 Å². The molecular formula is C25H30ClNO4S. The van der Waals surface area contributed by atoms with Gasteiger partial charge in [0.2, 0.25) is 5.91 Å². The fraction of sp³-hybridized carbons (Fsp3) is 0.440. The number of nitrogens with zero attached hydrogens (tertiary/aromatic N) is 1. The number of ether oxygens (including phenoxy) is 2. The van der Waals surface area contributed by atoms with Crippen LogP contribution in [0.4, 0.5) is 4.79 Å². The second kappa shape index (κ2) is 9.86. The van der Waals surface area contributed by atoms with Gasteiger partial charge in [0.05, 0.1) is 18.1 Å². The first-order valence-electron chi connectivity index (χ1n) is 10.7. The number of carbonyl (C=O) groups excluding carboxylic acids is 2. The highest BCUT2D eigenvalue weighted by atomic mass is 35.5. The summed E-state index contributed by atoms with van der Waals surface area (Å²) in [5.74, 6) is -1.15. The third-order valence-corrected chi connectivity index (χ3v) is 6.82. The lowest BCUT2D eigenvalue weighted by molar-refractivity contribution is -0.139. The minimum absolute atomic E-state index is 0.00710. The first-order valence-corrected chi connectivity index (χ1v) is 11.5. The summed E-state index contributed by atoms with van der Waals surface area (Å²) >= 11 is 10.9. The third-order valence-electron chi connectivity index (χ3n) is 5.95. The summed E-state index contributed by atoms with van der Waals surface area (Å²) in [7, 11) is 1.55. The predicted molar refractivity (Wildman–Crippen MR) is 129 cm³/mol. The predicted octanol–water partition coefficient (Wildman–Crippen LogP) is 6.10. The lowest BCUT2D eigenvalue weighted by atomic mass is 9.85. The van der Waals surface area contributed by atoms with Crippen LogP contribution in [-0.2, 0) is 14.3 Å². The standard InChI is InChI=1S/C25H30ClNO4S/c1-15(2)22-25(3,4)31-24(29)27(22)23(28)19(21(32)17-9-7-6-8-10-17)20(30-5)16-11-13-18(26)14-12-16/h6-15,19-22,32H,1-5H3/t19-,20+,21-,22+/m1/s1. The number of hydrogen-bond acceptors (Lipinski definition) is 5. The summed E-state index contributed by atoms with van der Waals surface area (Å²) in [5.41, 5.74) is 0.837. The fourth-order valence-corrected chi connectivity index (χ4v) is 5.26. The molecule has 0 bridgehead atoms. The Hall–Kier alpha value is -2.02. The van der Waals surface area contributed by atoms with Crippen molar-refractivity contribution in [3.8, 4) is 0 Å². The van der Waals surface area contributed by atoms with Crippen LogP contribution in [0.1, 0.15) is 50.2 Å². The monoisotopic (exact) mass is 475 g/mol. The molecule has 172 valence electrons. The molecule has 4 atom stereocenters. The molecule has 0 unspecified atom stereocenters. The second-order valence-corrected chi connectivity index (χ2v) is 9.95. The number of amides is 2. The van der Waals surface area contributed by atoms with E-state index in [9.17, 15) is 9.59 Å². The molecule has 0 aromatic heterocycles. The molecule has 0 radical (unpaired) electrons. The normalized spacial score (nSPS) is 20.7. The van der Waals surface area contributed by atoms with Gasteiger partial charge in [0.15, 0.2) is 0 Å². The summed E-state index contributed by atoms with van der Waals surface area (Å²) in [6.07, 6.45) is -1.28. The molecule has 2 amide bonds. The Morgan fingerprint density at radius 1 is 1.09 bits per heavy atom. The minimum atomic E-state index is -0.798. The van der Waals surface area contributed by atoms with Crippen LogP contribution in [0.5, 0.6) is 0 Å². The number of carbonyl (C=O) groups is 2. The number of cyclic esters (lactones) is 1. The van der Waals surface area contributed by atoms with Gasteiger partial charge in [0.1, 0.15) is 5.60 Å². The highest BCUT2D eigenvalue weighted by Gasteiger charge is 2.54. The van der Waals surface area contributed by atoms with Crippen LogP contribution in [0.25, 0.3) is 0 Å². The van der Waals surface area contributed by atoms with Gasteiger partial charge in [-0.1, -0.05) is 67.9 Å². The molecule has 2 aromatic carbocycles. The third kappa shape index (κ3) is 4.82. The van der Waals surface area contributed by atoms with Crippen LogP contribution in [0.3, 0.4) is 0 Å². The molecule has 0 spiro atoms. The molecule has 1 saturated heterocycles. The van der Waals surface area contributed by atoms with Gasteiger partial charge in [-0.2, -0.15) is 12.6 Å². The number of thiol groups is 1. The maximum absolute atomic E-state index is 14.1. The summed E-state index contributed by atoms with van der Waals surface area (Å²) in [5, 5.41) is 0.0651. The largest absolute Gasteiger partial charge is 0.441 e. The van der Waals surface area contributed by atoms with E-state index in [0.29, 0.717) is 5.02 Å². The number of benzene rings is 2. The number of imide groups is 1. The Balaban J connectivity index is 2.10. The molecule has 2 aromatic rings. The van der Waals surface area contributed by atoms with Crippen molar-refractivity contribution in [2.45, 2.75) is 50.7 Å². The molecule has 1 aliphatic rings. The van der Waals surface area contributed by atoms with Crippen LogP contribution in [0.15, 0.2) is 54.6 Å². The van der Waals surface area contributed by atoms with Crippen molar-refractivity contribution in [3.05, 3.63) is 70.7 Å². The first kappa shape index (κ1) is 24.6. The van der Waals surface area contributed by atoms with Crippen molar-refractivity contribution in [1.82, 2.24) is 4.90 Å². The molecule has 1 heterocycles. The molecule has 3 rings (SSSR count). The zero-order valence-corrected chi connectivity index (χ0v) is 20.6. The lowest BCUT2D eigenvalue weighted by Gasteiger charge is -2.36. The van der Waals surface area contributed by atoms with E-state index in [1.54, 1.807) is 19.2 Å². The van der Waals surface area contributed by atoms with E-state index in [0.717, 1.165) is 11.1 Å². The summed E-state index contributed by atoms with van der Waals surface area (Å²) < 4.78 is 11.5. The lowest BCUT2D eigenvalue weighted by Crippen LogP contribution is -2.51. The molecule has 0 saturated carbocycles. The highest BCUT2D eigenvalue weighted by molar-refractivity contribution is 7.80. The van der Waals surface area contributed by atoms with E-state index in [1.807, 2.05) is 70.2 Å². The Bertz CT molecular complexity index is 948. The molecule has 32 heavy (non-hydrogen) atoms. The maximum Gasteiger partial charge on any atom is 0.417 e. The van der Waals surface area contributed by atoms with Gasteiger partial charge >= 0.3 is 6.09 Å². The maximum atomic E-state index is 14.1. The Morgan fingerprint density at radius 3 is 2.22 bits per heavy atom. The zero-order chi connectivity index (χ0) is 23.6. The summed E-state index contributed by atoms with van der Waals surface area (Å²) in [6, 6.07) is 16.3. The molecule has 0 N–H and O–H groups in total. The van der Waals surface area contributed by atoms with Gasteiger partial charge in [0.25, 0.3) is 0 Å². The topological polar surface area (TPSA) is 55.8 Å². The van der Waals surface area contributed by atoms with Crippen molar-refractivity contribution in [1.29, 1.82) is 0 Å². The van der Waals surface area contributed by atoms with Crippen LogP contribution < -0.4 is 0 Å². The van der Waals surface area contributed by atoms with Crippen LogP contribution in [0.2, 0.25) is 5.02 Å². The van der Waals surface area contributed by atoms with Crippen molar-refractivity contribution >= 4 is 36.2 Å². The number of rotatable bonds is 7. The average molecular weight is 476 g/mol. The smallest absolute Gasteiger partial charge is 0.417 e. The molecule has 5 nitrogen and oxygen atoms in total. The average Bonchev–Trinajstić information content (AvgIpc) is 3.00. The van der Waals surface area contributed by atoms with Gasteiger partial charge < -0.3 is 9.47 Å². The SMILES string of the molecule is CO[C@@H](c1ccc(Cl)cc1)[C@@H](C(=O)N1C(=O)OC(C)(C)[C@@H]1C(C)C)[C@H](S)c1ccccc1.